The van der Waals surface area contributed by atoms with Gasteiger partial charge < -0.3 is 0 Å². The summed E-state index contributed by atoms with van der Waals surface area (Å²) in [6.45, 7) is 0. The van der Waals surface area contributed by atoms with Crippen molar-refractivity contribution in [3.05, 3.63) is 50.3 Å². The summed E-state index contributed by atoms with van der Waals surface area (Å²) in [5.74, 6) is 0.517. The lowest BCUT2D eigenvalue weighted by atomic mass is 10.2. The van der Waals surface area contributed by atoms with E-state index in [2.05, 4.69) is 52.4 Å². The molecule has 0 unspecified atom stereocenters. The normalized spacial score (nSPS) is 10.8. The minimum absolute atomic E-state index is 0.166. The zero-order valence-corrected chi connectivity index (χ0v) is 12.9. The third-order valence-electron chi connectivity index (χ3n) is 1.97. The highest BCUT2D eigenvalue weighted by Gasteiger charge is 2.01. The molecule has 0 spiro atoms. The van der Waals surface area contributed by atoms with E-state index in [4.69, 9.17) is 11.6 Å². The summed E-state index contributed by atoms with van der Waals surface area (Å²) >= 11 is 12.4. The number of hydrazone groups is 1. The molecule has 2 aromatic rings. The fraction of sp³-hybridized carbons (Fsp3) is 0. The number of halogens is 3. The van der Waals surface area contributed by atoms with Gasteiger partial charge in [-0.05, 0) is 45.2 Å². The first-order chi connectivity index (χ1) is 8.65. The maximum absolute atomic E-state index is 5.69. The number of hydrogen-bond donors (Lipinski definition) is 1. The van der Waals surface area contributed by atoms with E-state index in [1.54, 1.807) is 12.4 Å². The van der Waals surface area contributed by atoms with Crippen molar-refractivity contribution in [2.24, 2.45) is 5.10 Å². The van der Waals surface area contributed by atoms with Gasteiger partial charge in [-0.1, -0.05) is 28.1 Å². The highest BCUT2D eigenvalue weighted by Crippen LogP contribution is 2.19. The molecular formula is C11H7Br2ClN4. The molecule has 0 fully saturated rings. The molecule has 0 atom stereocenters. The molecule has 0 aliphatic carbocycles. The molecule has 18 heavy (non-hydrogen) atoms. The number of nitrogens with one attached hydrogen (secondary N) is 1. The average molecular weight is 390 g/mol. The van der Waals surface area contributed by atoms with E-state index in [0.717, 1.165) is 10.0 Å². The van der Waals surface area contributed by atoms with Crippen molar-refractivity contribution >= 4 is 55.5 Å². The Morgan fingerprint density at radius 3 is 2.67 bits per heavy atom. The van der Waals surface area contributed by atoms with Crippen LogP contribution in [-0.4, -0.2) is 16.2 Å². The molecule has 0 saturated carbocycles. The van der Waals surface area contributed by atoms with Gasteiger partial charge in [0.25, 0.3) is 0 Å². The quantitative estimate of drug-likeness (QED) is 0.488. The topological polar surface area (TPSA) is 50.2 Å². The van der Waals surface area contributed by atoms with E-state index in [1.807, 2.05) is 24.3 Å². The Morgan fingerprint density at radius 2 is 1.94 bits per heavy atom. The van der Waals surface area contributed by atoms with Gasteiger partial charge in [-0.25, -0.2) is 4.98 Å². The molecule has 0 aliphatic rings. The monoisotopic (exact) mass is 388 g/mol. The molecule has 4 nitrogen and oxygen atoms in total. The summed E-state index contributed by atoms with van der Waals surface area (Å²) in [5.41, 5.74) is 3.77. The van der Waals surface area contributed by atoms with Crippen molar-refractivity contribution in [2.45, 2.75) is 0 Å². The van der Waals surface area contributed by atoms with Crippen LogP contribution in [0.4, 0.5) is 5.82 Å². The second-order valence-electron chi connectivity index (χ2n) is 3.26. The van der Waals surface area contributed by atoms with Gasteiger partial charge in [0.2, 0.25) is 5.28 Å². The summed E-state index contributed by atoms with van der Waals surface area (Å²) in [7, 11) is 0. The van der Waals surface area contributed by atoms with Gasteiger partial charge in [-0.2, -0.15) is 10.1 Å². The van der Waals surface area contributed by atoms with Crippen LogP contribution in [0, 0.1) is 0 Å². The first kappa shape index (κ1) is 13.5. The Morgan fingerprint density at radius 1 is 1.22 bits per heavy atom. The Bertz CT molecular complexity index is 572. The van der Waals surface area contributed by atoms with Crippen molar-refractivity contribution in [1.29, 1.82) is 0 Å². The molecule has 0 bridgehead atoms. The van der Waals surface area contributed by atoms with E-state index < -0.39 is 0 Å². The van der Waals surface area contributed by atoms with Crippen molar-refractivity contribution in [1.82, 2.24) is 9.97 Å². The molecule has 1 aromatic heterocycles. The van der Waals surface area contributed by atoms with Crippen LogP contribution >= 0.6 is 43.5 Å². The van der Waals surface area contributed by atoms with E-state index >= 15 is 0 Å². The second-order valence-corrected chi connectivity index (χ2v) is 5.37. The first-order valence-corrected chi connectivity index (χ1v) is 6.84. The van der Waals surface area contributed by atoms with Gasteiger partial charge in [0.05, 0.1) is 10.7 Å². The molecule has 7 heteroatoms. The maximum atomic E-state index is 5.69. The number of rotatable bonds is 3. The highest BCUT2D eigenvalue weighted by atomic mass is 79.9. The molecular weight excluding hydrogens is 383 g/mol. The van der Waals surface area contributed by atoms with Crippen molar-refractivity contribution in [2.75, 3.05) is 5.43 Å². The van der Waals surface area contributed by atoms with Gasteiger partial charge in [0, 0.05) is 10.7 Å². The van der Waals surface area contributed by atoms with Crippen LogP contribution in [0.1, 0.15) is 5.56 Å². The number of anilines is 1. The molecule has 0 amide bonds. The number of aromatic nitrogens is 2. The van der Waals surface area contributed by atoms with Crippen LogP contribution in [0.25, 0.3) is 0 Å². The van der Waals surface area contributed by atoms with Gasteiger partial charge >= 0.3 is 0 Å². The zero-order chi connectivity index (χ0) is 13.0. The summed E-state index contributed by atoms with van der Waals surface area (Å²) in [6.07, 6.45) is 3.25. The second kappa shape index (κ2) is 6.26. The molecule has 0 aliphatic heterocycles. The Hall–Kier alpha value is -0.980. The number of benzene rings is 1. The maximum Gasteiger partial charge on any atom is 0.224 e. The molecule has 2 rings (SSSR count). The summed E-state index contributed by atoms with van der Waals surface area (Å²) in [4.78, 5) is 7.82. The molecule has 0 radical (unpaired) electrons. The van der Waals surface area contributed by atoms with Crippen molar-refractivity contribution < 1.29 is 0 Å². The van der Waals surface area contributed by atoms with E-state index in [0.29, 0.717) is 10.3 Å². The van der Waals surface area contributed by atoms with Gasteiger partial charge in [-0.3, -0.25) is 5.43 Å². The minimum atomic E-state index is 0.166. The lowest BCUT2D eigenvalue weighted by Crippen LogP contribution is -1.96. The van der Waals surface area contributed by atoms with Crippen LogP contribution in [0.3, 0.4) is 0 Å². The largest absolute Gasteiger partial charge is 0.260 e. The average Bonchev–Trinajstić information content (AvgIpc) is 2.36. The Kier molecular flexibility index (Phi) is 4.68. The highest BCUT2D eigenvalue weighted by molar-refractivity contribution is 9.10. The van der Waals surface area contributed by atoms with Gasteiger partial charge in [-0.15, -0.1) is 0 Å². The van der Waals surface area contributed by atoms with Crippen LogP contribution in [0.15, 0.2) is 44.5 Å². The lowest BCUT2D eigenvalue weighted by Gasteiger charge is -2.01. The number of hydrogen-bond acceptors (Lipinski definition) is 4. The van der Waals surface area contributed by atoms with Crippen molar-refractivity contribution in [3.63, 3.8) is 0 Å². The van der Waals surface area contributed by atoms with Crippen molar-refractivity contribution in [3.8, 4) is 0 Å². The molecule has 1 aromatic carbocycles. The Labute approximate surface area is 126 Å². The van der Waals surface area contributed by atoms with E-state index in [-0.39, 0.29) is 5.28 Å². The SMILES string of the molecule is Clc1ncc(Br)c(N/N=C/c2ccc(Br)cc2)n1. The Balaban J connectivity index is 2.07. The fourth-order valence-electron chi connectivity index (χ4n) is 1.14. The van der Waals surface area contributed by atoms with Crippen LogP contribution in [0.5, 0.6) is 0 Å². The molecule has 1 heterocycles. The van der Waals surface area contributed by atoms with Gasteiger partial charge in [0.1, 0.15) is 0 Å². The predicted molar refractivity (Wildman–Crippen MR) is 80.1 cm³/mol. The van der Waals surface area contributed by atoms with Crippen LogP contribution in [-0.2, 0) is 0 Å². The lowest BCUT2D eigenvalue weighted by molar-refractivity contribution is 1.12. The minimum Gasteiger partial charge on any atom is -0.260 e. The fourth-order valence-corrected chi connectivity index (χ4v) is 1.82. The molecule has 92 valence electrons. The zero-order valence-electron chi connectivity index (χ0n) is 8.94. The summed E-state index contributed by atoms with van der Waals surface area (Å²) in [6, 6.07) is 7.77. The predicted octanol–water partition coefficient (Wildman–Crippen LogP) is 4.10. The summed E-state index contributed by atoms with van der Waals surface area (Å²) < 4.78 is 1.72. The van der Waals surface area contributed by atoms with Gasteiger partial charge in [0.15, 0.2) is 5.82 Å². The number of nitrogens with zero attached hydrogens (tertiary/aromatic N) is 3. The van der Waals surface area contributed by atoms with Crippen LogP contribution < -0.4 is 5.43 Å². The standard InChI is InChI=1S/C11H7Br2ClN4/c12-8-3-1-7(2-4-8)5-16-18-10-9(13)6-15-11(14)17-10/h1-6H,(H,15,17,18)/b16-5+. The summed E-state index contributed by atoms with van der Waals surface area (Å²) in [5, 5.41) is 4.24. The molecule has 1 N–H and O–H groups in total. The van der Waals surface area contributed by atoms with E-state index in [1.165, 1.54) is 0 Å². The first-order valence-electron chi connectivity index (χ1n) is 4.88. The third-order valence-corrected chi connectivity index (χ3v) is 3.26. The third kappa shape index (κ3) is 3.76. The van der Waals surface area contributed by atoms with E-state index in [9.17, 15) is 0 Å². The molecule has 0 saturated heterocycles. The smallest absolute Gasteiger partial charge is 0.224 e. The van der Waals surface area contributed by atoms with Crippen LogP contribution in [0.2, 0.25) is 5.28 Å².